The molecule has 0 amide bonds. The largest absolute Gasteiger partial charge is 0.464 e. The van der Waals surface area contributed by atoms with Crippen LogP contribution in [-0.2, 0) is 6.42 Å². The number of hydrogen-bond acceptors (Lipinski definition) is 3. The first-order valence-electron chi connectivity index (χ1n) is 6.69. The van der Waals surface area contributed by atoms with Crippen LogP contribution in [0.25, 0.3) is 11.0 Å². The monoisotopic (exact) mass is 271 g/mol. The van der Waals surface area contributed by atoms with Gasteiger partial charge in [0.2, 0.25) is 0 Å². The van der Waals surface area contributed by atoms with Crippen LogP contribution >= 0.6 is 0 Å². The molecule has 3 rings (SSSR count). The lowest BCUT2D eigenvalue weighted by Gasteiger charge is -2.14. The Balaban J connectivity index is 2.03. The molecule has 104 valence electrons. The summed E-state index contributed by atoms with van der Waals surface area (Å²) in [6.45, 7) is 2.06. The molecular formula is C15H17N3O2. The molecule has 2 aromatic heterocycles. The van der Waals surface area contributed by atoms with E-state index in [-0.39, 0.29) is 11.7 Å². The second kappa shape index (κ2) is 5.02. The minimum absolute atomic E-state index is 0.0295. The summed E-state index contributed by atoms with van der Waals surface area (Å²) < 4.78 is 5.82. The van der Waals surface area contributed by atoms with Gasteiger partial charge in [-0.1, -0.05) is 13.0 Å². The lowest BCUT2D eigenvalue weighted by Crippen LogP contribution is -2.16. The van der Waals surface area contributed by atoms with Gasteiger partial charge in [-0.05, 0) is 36.9 Å². The van der Waals surface area contributed by atoms with Crippen LogP contribution in [0.5, 0.6) is 0 Å². The van der Waals surface area contributed by atoms with Gasteiger partial charge in [-0.15, -0.1) is 0 Å². The van der Waals surface area contributed by atoms with Crippen molar-refractivity contribution in [3.05, 3.63) is 57.9 Å². The molecule has 1 atom stereocenters. The van der Waals surface area contributed by atoms with Crippen LogP contribution < -0.4 is 11.0 Å². The van der Waals surface area contributed by atoms with Crippen LogP contribution in [0.1, 0.15) is 30.0 Å². The predicted octanol–water partition coefficient (Wildman–Crippen LogP) is 2.32. The third-order valence-corrected chi connectivity index (χ3v) is 3.48. The van der Waals surface area contributed by atoms with Gasteiger partial charge >= 0.3 is 5.69 Å². The van der Waals surface area contributed by atoms with Gasteiger partial charge in [0.05, 0.1) is 17.1 Å². The Kier molecular flexibility index (Phi) is 3.20. The average molecular weight is 271 g/mol. The Hall–Kier alpha value is -2.27. The van der Waals surface area contributed by atoms with Crippen molar-refractivity contribution >= 4 is 11.0 Å². The fraction of sp³-hybridized carbons (Fsp3) is 0.267. The highest BCUT2D eigenvalue weighted by Crippen LogP contribution is 2.25. The average Bonchev–Trinajstić information content (AvgIpc) is 3.04. The van der Waals surface area contributed by atoms with E-state index in [2.05, 4.69) is 22.2 Å². The summed E-state index contributed by atoms with van der Waals surface area (Å²) >= 11 is 0. The van der Waals surface area contributed by atoms with Gasteiger partial charge in [0.1, 0.15) is 11.5 Å². The van der Waals surface area contributed by atoms with E-state index in [1.165, 1.54) is 0 Å². The lowest BCUT2D eigenvalue weighted by atomic mass is 10.0. The lowest BCUT2D eigenvalue weighted by molar-refractivity contribution is 0.434. The van der Waals surface area contributed by atoms with Crippen LogP contribution in [0.4, 0.5) is 0 Å². The van der Waals surface area contributed by atoms with E-state index >= 15 is 0 Å². The van der Waals surface area contributed by atoms with Crippen molar-refractivity contribution in [3.63, 3.8) is 0 Å². The molecular weight excluding hydrogens is 254 g/mol. The fourth-order valence-corrected chi connectivity index (χ4v) is 2.44. The van der Waals surface area contributed by atoms with Gasteiger partial charge in [0.15, 0.2) is 0 Å². The quantitative estimate of drug-likeness (QED) is 0.681. The minimum atomic E-state index is -0.190. The summed E-state index contributed by atoms with van der Waals surface area (Å²) in [5.41, 5.74) is 2.47. The number of hydrogen-bond donors (Lipinski definition) is 3. The normalized spacial score (nSPS) is 12.9. The molecule has 0 aliphatic rings. The minimum Gasteiger partial charge on any atom is -0.464 e. The molecule has 0 radical (unpaired) electrons. The van der Waals surface area contributed by atoms with Crippen molar-refractivity contribution in [3.8, 4) is 0 Å². The molecule has 20 heavy (non-hydrogen) atoms. The zero-order chi connectivity index (χ0) is 14.1. The van der Waals surface area contributed by atoms with Crippen molar-refractivity contribution in [2.24, 2.45) is 0 Å². The zero-order valence-electron chi connectivity index (χ0n) is 11.5. The van der Waals surface area contributed by atoms with Crippen molar-refractivity contribution in [2.45, 2.75) is 19.4 Å². The van der Waals surface area contributed by atoms with E-state index < -0.39 is 0 Å². The molecule has 1 aromatic carbocycles. The number of fused-ring (bicyclic) bond motifs is 1. The molecule has 2 heterocycles. The van der Waals surface area contributed by atoms with E-state index in [9.17, 15) is 4.79 Å². The maximum absolute atomic E-state index is 11.3. The molecule has 0 bridgehead atoms. The van der Waals surface area contributed by atoms with E-state index in [0.717, 1.165) is 34.5 Å². The van der Waals surface area contributed by atoms with Gasteiger partial charge in [0.25, 0.3) is 0 Å². The summed E-state index contributed by atoms with van der Waals surface area (Å²) in [7, 11) is 1.89. The van der Waals surface area contributed by atoms with Crippen molar-refractivity contribution in [1.82, 2.24) is 15.3 Å². The summed E-state index contributed by atoms with van der Waals surface area (Å²) in [6.07, 6.45) is 0.876. The third kappa shape index (κ3) is 2.16. The van der Waals surface area contributed by atoms with Crippen LogP contribution in [0.15, 0.2) is 39.5 Å². The second-order valence-electron chi connectivity index (χ2n) is 4.76. The molecule has 5 heteroatoms. The van der Waals surface area contributed by atoms with Gasteiger partial charge in [-0.25, -0.2) is 4.79 Å². The van der Waals surface area contributed by atoms with Crippen LogP contribution in [0, 0.1) is 0 Å². The highest BCUT2D eigenvalue weighted by molar-refractivity contribution is 5.75. The number of imidazole rings is 1. The number of H-pyrrole nitrogens is 2. The Labute approximate surface area is 116 Å². The molecule has 3 aromatic rings. The first-order chi connectivity index (χ1) is 9.71. The smallest absolute Gasteiger partial charge is 0.323 e. The standard InChI is InChI=1S/C15H17N3O2/c1-3-10-5-7-13(20-10)14(16-2)9-4-6-11-12(8-9)18-15(19)17-11/h4-8,14,16H,3H2,1-2H3,(H2,17,18,19). The molecule has 0 saturated carbocycles. The van der Waals surface area contributed by atoms with Crippen LogP contribution in [0.3, 0.4) is 0 Å². The van der Waals surface area contributed by atoms with Gasteiger partial charge in [-0.3, -0.25) is 0 Å². The number of nitrogens with one attached hydrogen (secondary N) is 3. The Bertz CT molecular complexity index is 782. The molecule has 3 N–H and O–H groups in total. The SMILES string of the molecule is CCc1ccc(C(NC)c2ccc3[nH]c(=O)[nH]c3c2)o1. The molecule has 0 aliphatic heterocycles. The first kappa shape index (κ1) is 12.7. The second-order valence-corrected chi connectivity index (χ2v) is 4.76. The summed E-state index contributed by atoms with van der Waals surface area (Å²) in [6, 6.07) is 9.80. The van der Waals surface area contributed by atoms with E-state index in [0.29, 0.717) is 0 Å². The van der Waals surface area contributed by atoms with E-state index in [1.807, 2.05) is 37.4 Å². The fourth-order valence-electron chi connectivity index (χ4n) is 2.44. The van der Waals surface area contributed by atoms with Crippen molar-refractivity contribution < 1.29 is 4.42 Å². The van der Waals surface area contributed by atoms with Crippen molar-refractivity contribution in [2.75, 3.05) is 7.05 Å². The topological polar surface area (TPSA) is 73.8 Å². The third-order valence-electron chi connectivity index (χ3n) is 3.48. The molecule has 0 aliphatic carbocycles. The Morgan fingerprint density at radius 2 is 2.00 bits per heavy atom. The number of furan rings is 1. The van der Waals surface area contributed by atoms with Gasteiger partial charge in [0, 0.05) is 6.42 Å². The van der Waals surface area contributed by atoms with Gasteiger partial charge < -0.3 is 19.7 Å². The van der Waals surface area contributed by atoms with E-state index in [4.69, 9.17) is 4.42 Å². The molecule has 0 spiro atoms. The summed E-state index contributed by atoms with van der Waals surface area (Å²) in [5, 5.41) is 3.25. The number of aryl methyl sites for hydroxylation is 1. The highest BCUT2D eigenvalue weighted by atomic mass is 16.3. The molecule has 0 saturated heterocycles. The van der Waals surface area contributed by atoms with Crippen molar-refractivity contribution in [1.29, 1.82) is 0 Å². The maximum atomic E-state index is 11.3. The van der Waals surface area contributed by atoms with Crippen LogP contribution in [-0.4, -0.2) is 17.0 Å². The number of aromatic amines is 2. The predicted molar refractivity (Wildman–Crippen MR) is 77.9 cm³/mol. The number of rotatable bonds is 4. The zero-order valence-corrected chi connectivity index (χ0v) is 11.5. The molecule has 5 nitrogen and oxygen atoms in total. The highest BCUT2D eigenvalue weighted by Gasteiger charge is 2.16. The number of benzene rings is 1. The van der Waals surface area contributed by atoms with Crippen LogP contribution in [0.2, 0.25) is 0 Å². The van der Waals surface area contributed by atoms with E-state index in [1.54, 1.807) is 0 Å². The summed E-state index contributed by atoms with van der Waals surface area (Å²) in [5.74, 6) is 1.85. The number of aromatic nitrogens is 2. The Morgan fingerprint density at radius 3 is 2.70 bits per heavy atom. The molecule has 0 fully saturated rings. The first-order valence-corrected chi connectivity index (χ1v) is 6.69. The molecule has 1 unspecified atom stereocenters. The van der Waals surface area contributed by atoms with Gasteiger partial charge in [-0.2, -0.15) is 0 Å². The maximum Gasteiger partial charge on any atom is 0.323 e. The summed E-state index contributed by atoms with van der Waals surface area (Å²) in [4.78, 5) is 16.8. The Morgan fingerprint density at radius 1 is 1.20 bits per heavy atom.